The van der Waals surface area contributed by atoms with Gasteiger partial charge >= 0.3 is 0 Å². The topological polar surface area (TPSA) is 29.1 Å². The molecule has 0 saturated carbocycles. The number of benzene rings is 1. The maximum Gasteiger partial charge on any atom is 0.252 e. The van der Waals surface area contributed by atoms with Gasteiger partial charge in [-0.25, -0.2) is 0 Å². The molecule has 22 heavy (non-hydrogen) atoms. The quantitative estimate of drug-likeness (QED) is 0.873. The smallest absolute Gasteiger partial charge is 0.252 e. The first kappa shape index (κ1) is 14.0. The molecule has 1 aromatic carbocycles. The highest BCUT2D eigenvalue weighted by molar-refractivity contribution is 7.10. The molecule has 1 aromatic heterocycles. The Morgan fingerprint density at radius 3 is 2.91 bits per heavy atom. The van der Waals surface area contributed by atoms with E-state index in [2.05, 4.69) is 35.0 Å². The van der Waals surface area contributed by atoms with E-state index in [1.54, 1.807) is 11.3 Å². The van der Waals surface area contributed by atoms with Crippen LogP contribution >= 0.6 is 11.3 Å². The SMILES string of the molecule is O=C(N[C@H]1CCCc2ccccc21)c1csc2c1CCCC2. The largest absolute Gasteiger partial charge is 0.345 e. The van der Waals surface area contributed by atoms with Gasteiger partial charge < -0.3 is 5.32 Å². The molecule has 4 rings (SSSR count). The van der Waals surface area contributed by atoms with Crippen LogP contribution in [0.15, 0.2) is 29.6 Å². The number of thiophene rings is 1. The summed E-state index contributed by atoms with van der Waals surface area (Å²) in [4.78, 5) is 14.2. The van der Waals surface area contributed by atoms with Gasteiger partial charge in [-0.15, -0.1) is 11.3 Å². The van der Waals surface area contributed by atoms with Crippen LogP contribution in [-0.4, -0.2) is 5.91 Å². The molecule has 1 atom stereocenters. The van der Waals surface area contributed by atoms with Crippen molar-refractivity contribution >= 4 is 17.2 Å². The summed E-state index contributed by atoms with van der Waals surface area (Å²) >= 11 is 1.77. The highest BCUT2D eigenvalue weighted by Gasteiger charge is 2.25. The number of carbonyl (C=O) groups excluding carboxylic acids is 1. The molecule has 1 N–H and O–H groups in total. The number of carbonyl (C=O) groups is 1. The van der Waals surface area contributed by atoms with Crippen molar-refractivity contribution in [2.45, 2.75) is 51.0 Å². The summed E-state index contributed by atoms with van der Waals surface area (Å²) in [6.45, 7) is 0. The van der Waals surface area contributed by atoms with Gasteiger partial charge in [-0.1, -0.05) is 24.3 Å². The van der Waals surface area contributed by atoms with Crippen molar-refractivity contribution in [1.29, 1.82) is 0 Å². The van der Waals surface area contributed by atoms with Crippen LogP contribution in [0.25, 0.3) is 0 Å². The average Bonchev–Trinajstić information content (AvgIpc) is 2.99. The van der Waals surface area contributed by atoms with E-state index in [1.807, 2.05) is 0 Å². The maximum absolute atomic E-state index is 12.8. The van der Waals surface area contributed by atoms with E-state index >= 15 is 0 Å². The summed E-state index contributed by atoms with van der Waals surface area (Å²) < 4.78 is 0. The number of amides is 1. The van der Waals surface area contributed by atoms with Gasteiger partial charge in [-0.05, 0) is 61.6 Å². The van der Waals surface area contributed by atoms with Crippen LogP contribution in [0.5, 0.6) is 0 Å². The van der Waals surface area contributed by atoms with Gasteiger partial charge in [0, 0.05) is 10.3 Å². The zero-order chi connectivity index (χ0) is 14.9. The van der Waals surface area contributed by atoms with Gasteiger partial charge in [0.15, 0.2) is 0 Å². The molecule has 2 nitrogen and oxygen atoms in total. The molecule has 0 aliphatic heterocycles. The predicted octanol–water partition coefficient (Wildman–Crippen LogP) is 4.43. The molecule has 0 fully saturated rings. The van der Waals surface area contributed by atoms with Gasteiger partial charge in [-0.2, -0.15) is 0 Å². The molecule has 0 radical (unpaired) electrons. The first-order valence-electron chi connectivity index (χ1n) is 8.31. The second-order valence-electron chi connectivity index (χ2n) is 6.38. The van der Waals surface area contributed by atoms with E-state index < -0.39 is 0 Å². The second-order valence-corrected chi connectivity index (χ2v) is 7.34. The Morgan fingerprint density at radius 2 is 1.95 bits per heavy atom. The van der Waals surface area contributed by atoms with Gasteiger partial charge in [0.1, 0.15) is 0 Å². The van der Waals surface area contributed by atoms with Crippen molar-refractivity contribution in [3.63, 3.8) is 0 Å². The number of hydrogen-bond donors (Lipinski definition) is 1. The lowest BCUT2D eigenvalue weighted by atomic mass is 9.87. The zero-order valence-corrected chi connectivity index (χ0v) is 13.5. The summed E-state index contributed by atoms with van der Waals surface area (Å²) in [5.41, 5.74) is 4.96. The maximum atomic E-state index is 12.8. The molecule has 0 saturated heterocycles. The van der Waals surface area contributed by atoms with Gasteiger partial charge in [0.2, 0.25) is 0 Å². The van der Waals surface area contributed by atoms with Crippen molar-refractivity contribution in [3.05, 3.63) is 56.8 Å². The second kappa shape index (κ2) is 5.88. The fourth-order valence-corrected chi connectivity index (χ4v) is 4.95. The third-order valence-electron chi connectivity index (χ3n) is 4.98. The predicted molar refractivity (Wildman–Crippen MR) is 90.5 cm³/mol. The van der Waals surface area contributed by atoms with Crippen molar-refractivity contribution in [3.8, 4) is 0 Å². The lowest BCUT2D eigenvalue weighted by Gasteiger charge is -2.26. The molecule has 0 bridgehead atoms. The van der Waals surface area contributed by atoms with E-state index in [-0.39, 0.29) is 11.9 Å². The number of hydrogen-bond acceptors (Lipinski definition) is 2. The summed E-state index contributed by atoms with van der Waals surface area (Å²) in [6.07, 6.45) is 8.05. The number of fused-ring (bicyclic) bond motifs is 2. The first-order valence-corrected chi connectivity index (χ1v) is 9.19. The molecule has 1 heterocycles. The monoisotopic (exact) mass is 311 g/mol. The van der Waals surface area contributed by atoms with Crippen molar-refractivity contribution in [1.82, 2.24) is 5.32 Å². The normalized spacial score (nSPS) is 20.1. The molecule has 1 amide bonds. The standard InChI is InChI=1S/C19H21NOS/c21-19(16-12-22-18-11-4-3-9-15(16)18)20-17-10-5-7-13-6-1-2-8-14(13)17/h1-2,6,8,12,17H,3-5,7,9-11H2,(H,20,21)/t17-/m0/s1. The summed E-state index contributed by atoms with van der Waals surface area (Å²) in [5, 5.41) is 5.36. The summed E-state index contributed by atoms with van der Waals surface area (Å²) in [6, 6.07) is 8.72. The van der Waals surface area contributed by atoms with Gasteiger partial charge in [0.05, 0.1) is 11.6 Å². The van der Waals surface area contributed by atoms with E-state index in [0.717, 1.165) is 37.7 Å². The highest BCUT2D eigenvalue weighted by atomic mass is 32.1. The van der Waals surface area contributed by atoms with Gasteiger partial charge in [-0.3, -0.25) is 4.79 Å². The van der Waals surface area contributed by atoms with Crippen molar-refractivity contribution in [2.24, 2.45) is 0 Å². The Balaban J connectivity index is 1.57. The number of nitrogens with one attached hydrogen (secondary N) is 1. The van der Waals surface area contributed by atoms with E-state index in [9.17, 15) is 4.79 Å². The van der Waals surface area contributed by atoms with Crippen LogP contribution in [0.2, 0.25) is 0 Å². The lowest BCUT2D eigenvalue weighted by Crippen LogP contribution is -2.31. The molecular weight excluding hydrogens is 290 g/mol. The molecule has 2 aliphatic rings. The van der Waals surface area contributed by atoms with E-state index in [1.165, 1.54) is 34.4 Å². The minimum atomic E-state index is 0.126. The van der Waals surface area contributed by atoms with E-state index in [0.29, 0.717) is 0 Å². The van der Waals surface area contributed by atoms with Crippen LogP contribution in [0.4, 0.5) is 0 Å². The van der Waals surface area contributed by atoms with E-state index in [4.69, 9.17) is 0 Å². The van der Waals surface area contributed by atoms with Crippen LogP contribution in [0.3, 0.4) is 0 Å². The average molecular weight is 311 g/mol. The van der Waals surface area contributed by atoms with Crippen LogP contribution in [0, 0.1) is 0 Å². The summed E-state index contributed by atoms with van der Waals surface area (Å²) in [7, 11) is 0. The fourth-order valence-electron chi connectivity index (χ4n) is 3.82. The molecule has 114 valence electrons. The van der Waals surface area contributed by atoms with Crippen LogP contribution in [-0.2, 0) is 19.3 Å². The molecule has 2 aromatic rings. The Morgan fingerprint density at radius 1 is 1.09 bits per heavy atom. The molecule has 0 spiro atoms. The minimum absolute atomic E-state index is 0.126. The Hall–Kier alpha value is -1.61. The number of rotatable bonds is 2. The third kappa shape index (κ3) is 2.48. The van der Waals surface area contributed by atoms with Crippen LogP contribution in [0.1, 0.15) is 63.7 Å². The van der Waals surface area contributed by atoms with Crippen molar-refractivity contribution in [2.75, 3.05) is 0 Å². The highest BCUT2D eigenvalue weighted by Crippen LogP contribution is 2.32. The Kier molecular flexibility index (Phi) is 3.75. The number of aryl methyl sites for hydroxylation is 2. The first-order chi connectivity index (χ1) is 10.8. The third-order valence-corrected chi connectivity index (χ3v) is 6.07. The van der Waals surface area contributed by atoms with Gasteiger partial charge in [0.25, 0.3) is 5.91 Å². The molecule has 3 heteroatoms. The minimum Gasteiger partial charge on any atom is -0.345 e. The van der Waals surface area contributed by atoms with Crippen LogP contribution < -0.4 is 5.32 Å². The fraction of sp³-hybridized carbons (Fsp3) is 0.421. The molecular formula is C19H21NOS. The Labute approximate surface area is 135 Å². The summed E-state index contributed by atoms with van der Waals surface area (Å²) in [5.74, 6) is 0.126. The van der Waals surface area contributed by atoms with Crippen molar-refractivity contribution < 1.29 is 4.79 Å². The lowest BCUT2D eigenvalue weighted by molar-refractivity contribution is 0.0932. The zero-order valence-electron chi connectivity index (χ0n) is 12.7. The molecule has 0 unspecified atom stereocenters. The Bertz CT molecular complexity index is 703. The molecule has 2 aliphatic carbocycles.